The number of hydrogen-bond acceptors (Lipinski definition) is 3. The maximum Gasteiger partial charge on any atom is 0.255 e. The van der Waals surface area contributed by atoms with Crippen molar-refractivity contribution in [3.8, 4) is 5.75 Å². The van der Waals surface area contributed by atoms with Crippen LogP contribution in [0.3, 0.4) is 0 Å². The first-order chi connectivity index (χ1) is 12.3. The highest BCUT2D eigenvalue weighted by atomic mass is 16.5. The quantitative estimate of drug-likeness (QED) is 0.892. The van der Waals surface area contributed by atoms with Gasteiger partial charge < -0.3 is 15.4 Å². The van der Waals surface area contributed by atoms with Crippen LogP contribution in [-0.4, -0.2) is 18.4 Å². The molecule has 2 aliphatic rings. The van der Waals surface area contributed by atoms with Crippen LogP contribution in [0.1, 0.15) is 53.9 Å². The van der Waals surface area contributed by atoms with E-state index in [4.69, 9.17) is 4.74 Å². The molecule has 5 heteroatoms. The third-order valence-electron chi connectivity index (χ3n) is 5.17. The van der Waals surface area contributed by atoms with E-state index in [0.717, 1.165) is 22.4 Å². The van der Waals surface area contributed by atoms with E-state index in [1.54, 1.807) is 6.07 Å². The Hall–Kier alpha value is -2.82. The molecule has 26 heavy (non-hydrogen) atoms. The van der Waals surface area contributed by atoms with Gasteiger partial charge >= 0.3 is 0 Å². The molecule has 0 aliphatic carbocycles. The number of carbonyl (C=O) groups is 2. The summed E-state index contributed by atoms with van der Waals surface area (Å²) in [7, 11) is 0. The van der Waals surface area contributed by atoms with E-state index in [9.17, 15) is 9.59 Å². The number of fused-ring (bicyclic) bond motifs is 2. The number of hydrogen-bond donors (Lipinski definition) is 2. The molecule has 2 aliphatic heterocycles. The van der Waals surface area contributed by atoms with E-state index < -0.39 is 0 Å². The Morgan fingerprint density at radius 1 is 1.27 bits per heavy atom. The summed E-state index contributed by atoms with van der Waals surface area (Å²) >= 11 is 0. The number of amides is 2. The second kappa shape index (κ2) is 5.87. The number of rotatable bonds is 3. The standard InChI is InChI=1S/C21H22N2O3/c1-12(13-7-8-17-14(9-13)10-18(24)23-17)22-20(25)15-5-4-6-16-19(15)26-11-21(16,2)3/h4-9,12H,10-11H2,1-3H3,(H,22,25)(H,23,24). The highest BCUT2D eigenvalue weighted by molar-refractivity contribution is 5.99. The summed E-state index contributed by atoms with van der Waals surface area (Å²) in [4.78, 5) is 24.3. The van der Waals surface area contributed by atoms with Gasteiger partial charge in [-0.2, -0.15) is 0 Å². The van der Waals surface area contributed by atoms with Crippen molar-refractivity contribution in [3.63, 3.8) is 0 Å². The van der Waals surface area contributed by atoms with E-state index in [0.29, 0.717) is 24.3 Å². The van der Waals surface area contributed by atoms with Crippen LogP contribution in [0.15, 0.2) is 36.4 Å². The van der Waals surface area contributed by atoms with Gasteiger partial charge in [0.25, 0.3) is 5.91 Å². The summed E-state index contributed by atoms with van der Waals surface area (Å²) in [6.45, 7) is 6.75. The number of nitrogens with one attached hydrogen (secondary N) is 2. The third kappa shape index (κ3) is 2.73. The highest BCUT2D eigenvalue weighted by Gasteiger charge is 2.34. The van der Waals surface area contributed by atoms with Gasteiger partial charge in [-0.3, -0.25) is 9.59 Å². The molecule has 1 unspecified atom stereocenters. The number of ether oxygens (including phenoxy) is 1. The number of para-hydroxylation sites is 1. The van der Waals surface area contributed by atoms with Crippen molar-refractivity contribution in [1.82, 2.24) is 5.32 Å². The zero-order valence-electron chi connectivity index (χ0n) is 15.2. The SMILES string of the molecule is CC(NC(=O)c1cccc2c1OCC2(C)C)c1ccc2c(c1)CC(=O)N2. The van der Waals surface area contributed by atoms with Crippen LogP contribution in [0.25, 0.3) is 0 Å². The molecular formula is C21H22N2O3. The molecular weight excluding hydrogens is 328 g/mol. The summed E-state index contributed by atoms with van der Waals surface area (Å²) in [6, 6.07) is 11.4. The van der Waals surface area contributed by atoms with Crippen molar-refractivity contribution in [2.24, 2.45) is 0 Å². The van der Waals surface area contributed by atoms with Crippen LogP contribution in [0.4, 0.5) is 5.69 Å². The zero-order valence-corrected chi connectivity index (χ0v) is 15.2. The lowest BCUT2D eigenvalue weighted by atomic mass is 9.86. The molecule has 0 spiro atoms. The Morgan fingerprint density at radius 3 is 2.88 bits per heavy atom. The lowest BCUT2D eigenvalue weighted by Gasteiger charge is -2.17. The zero-order chi connectivity index (χ0) is 18.5. The normalized spacial score (nSPS) is 17.7. The van der Waals surface area contributed by atoms with Crippen LogP contribution >= 0.6 is 0 Å². The average Bonchev–Trinajstić information content (AvgIpc) is 3.12. The van der Waals surface area contributed by atoms with Gasteiger partial charge in [0.2, 0.25) is 5.91 Å². The van der Waals surface area contributed by atoms with Crippen LogP contribution in [0, 0.1) is 0 Å². The fraction of sp³-hybridized carbons (Fsp3) is 0.333. The average molecular weight is 350 g/mol. The van der Waals surface area contributed by atoms with Crippen molar-refractivity contribution in [3.05, 3.63) is 58.7 Å². The predicted octanol–water partition coefficient (Wildman–Crippen LogP) is 3.34. The third-order valence-corrected chi connectivity index (χ3v) is 5.17. The van der Waals surface area contributed by atoms with Gasteiger partial charge in [0, 0.05) is 16.7 Å². The summed E-state index contributed by atoms with van der Waals surface area (Å²) in [5.41, 5.74) is 4.35. The maximum atomic E-state index is 12.8. The van der Waals surface area contributed by atoms with E-state index in [-0.39, 0.29) is 23.3 Å². The number of benzene rings is 2. The summed E-state index contributed by atoms with van der Waals surface area (Å²) in [6.07, 6.45) is 0.388. The van der Waals surface area contributed by atoms with E-state index >= 15 is 0 Å². The molecule has 0 bridgehead atoms. The molecule has 2 aromatic rings. The van der Waals surface area contributed by atoms with Crippen LogP contribution < -0.4 is 15.4 Å². The van der Waals surface area contributed by atoms with E-state index in [1.165, 1.54) is 0 Å². The summed E-state index contributed by atoms with van der Waals surface area (Å²) < 4.78 is 5.82. The molecule has 0 saturated heterocycles. The molecule has 0 aromatic heterocycles. The molecule has 0 fully saturated rings. The molecule has 2 amide bonds. The van der Waals surface area contributed by atoms with Crippen molar-refractivity contribution < 1.29 is 14.3 Å². The molecule has 1 atom stereocenters. The Labute approximate surface area is 152 Å². The van der Waals surface area contributed by atoms with Crippen LogP contribution in [0.2, 0.25) is 0 Å². The Balaban J connectivity index is 1.55. The molecule has 2 heterocycles. The smallest absolute Gasteiger partial charge is 0.255 e. The van der Waals surface area contributed by atoms with Crippen molar-refractivity contribution in [2.75, 3.05) is 11.9 Å². The Morgan fingerprint density at radius 2 is 2.08 bits per heavy atom. The summed E-state index contributed by atoms with van der Waals surface area (Å²) in [5, 5.41) is 5.87. The second-order valence-electron chi connectivity index (χ2n) is 7.69. The largest absolute Gasteiger partial charge is 0.492 e. The van der Waals surface area contributed by atoms with Gasteiger partial charge in [-0.25, -0.2) is 0 Å². The minimum absolute atomic E-state index is 0.00782. The minimum atomic E-state index is -0.172. The second-order valence-corrected chi connectivity index (χ2v) is 7.69. The van der Waals surface area contributed by atoms with Gasteiger partial charge in [0.05, 0.1) is 24.6 Å². The highest BCUT2D eigenvalue weighted by Crippen LogP contribution is 2.40. The summed E-state index contributed by atoms with van der Waals surface area (Å²) in [5.74, 6) is 0.543. The van der Waals surface area contributed by atoms with Crippen LogP contribution in [-0.2, 0) is 16.6 Å². The Bertz CT molecular complexity index is 917. The Kier molecular flexibility index (Phi) is 3.75. The monoisotopic (exact) mass is 350 g/mol. The van der Waals surface area contributed by atoms with E-state index in [1.807, 2.05) is 37.3 Å². The fourth-order valence-corrected chi connectivity index (χ4v) is 3.61. The first-order valence-corrected chi connectivity index (χ1v) is 8.85. The van der Waals surface area contributed by atoms with E-state index in [2.05, 4.69) is 24.5 Å². The van der Waals surface area contributed by atoms with Crippen molar-refractivity contribution in [1.29, 1.82) is 0 Å². The molecule has 4 rings (SSSR count). The van der Waals surface area contributed by atoms with Gasteiger partial charge in [-0.15, -0.1) is 0 Å². The van der Waals surface area contributed by atoms with Gasteiger partial charge in [-0.1, -0.05) is 38.1 Å². The molecule has 0 radical (unpaired) electrons. The predicted molar refractivity (Wildman–Crippen MR) is 99.6 cm³/mol. The lowest BCUT2D eigenvalue weighted by molar-refractivity contribution is -0.115. The van der Waals surface area contributed by atoms with Crippen molar-refractivity contribution in [2.45, 2.75) is 38.6 Å². The van der Waals surface area contributed by atoms with Gasteiger partial charge in [0.1, 0.15) is 5.75 Å². The number of anilines is 1. The minimum Gasteiger partial charge on any atom is -0.492 e. The number of carbonyl (C=O) groups excluding carboxylic acids is 2. The topological polar surface area (TPSA) is 67.4 Å². The fourth-order valence-electron chi connectivity index (χ4n) is 3.61. The van der Waals surface area contributed by atoms with Gasteiger partial charge in [-0.05, 0) is 30.2 Å². The van der Waals surface area contributed by atoms with Crippen LogP contribution in [0.5, 0.6) is 5.75 Å². The lowest BCUT2D eigenvalue weighted by Crippen LogP contribution is -2.27. The first kappa shape index (κ1) is 16.6. The van der Waals surface area contributed by atoms with Gasteiger partial charge in [0.15, 0.2) is 0 Å². The maximum absolute atomic E-state index is 12.8. The molecule has 2 N–H and O–H groups in total. The molecule has 5 nitrogen and oxygen atoms in total. The first-order valence-electron chi connectivity index (χ1n) is 8.85. The molecule has 2 aromatic carbocycles. The molecule has 0 saturated carbocycles. The molecule has 134 valence electrons. The van der Waals surface area contributed by atoms with Crippen molar-refractivity contribution >= 4 is 17.5 Å².